The maximum absolute atomic E-state index is 13.9. The van der Waals surface area contributed by atoms with Crippen molar-refractivity contribution in [2.45, 2.75) is 19.3 Å². The standard InChI is InChI=1S/C19H22FN3O/c20-18-4-2-1-3-17(18)15-11-16(13-22-12-15)19(24)23-10-7-14-5-8-21-9-6-14/h1-4,11-14,21H,5-10H2,(H,23,24). The van der Waals surface area contributed by atoms with Gasteiger partial charge in [0.1, 0.15) is 5.82 Å². The Balaban J connectivity index is 1.61. The van der Waals surface area contributed by atoms with Gasteiger partial charge < -0.3 is 10.6 Å². The first-order valence-corrected chi connectivity index (χ1v) is 8.43. The lowest BCUT2D eigenvalue weighted by Gasteiger charge is -2.22. The molecule has 0 radical (unpaired) electrons. The van der Waals surface area contributed by atoms with Crippen LogP contribution in [0.4, 0.5) is 4.39 Å². The number of hydrogen-bond acceptors (Lipinski definition) is 3. The Bertz CT molecular complexity index is 699. The van der Waals surface area contributed by atoms with Crippen LogP contribution in [0.5, 0.6) is 0 Å². The third-order valence-corrected chi connectivity index (χ3v) is 4.48. The number of carbonyl (C=O) groups is 1. The van der Waals surface area contributed by atoms with Crippen LogP contribution in [0.2, 0.25) is 0 Å². The van der Waals surface area contributed by atoms with E-state index in [9.17, 15) is 9.18 Å². The average molecular weight is 327 g/mol. The van der Waals surface area contributed by atoms with Gasteiger partial charge in [0.2, 0.25) is 0 Å². The Morgan fingerprint density at radius 1 is 1.25 bits per heavy atom. The first-order chi connectivity index (χ1) is 11.7. The van der Waals surface area contributed by atoms with E-state index in [0.717, 1.165) is 19.5 Å². The molecule has 1 amide bonds. The molecule has 1 fully saturated rings. The molecule has 0 aliphatic carbocycles. The molecule has 2 N–H and O–H groups in total. The van der Waals surface area contributed by atoms with Gasteiger partial charge in [0.05, 0.1) is 5.56 Å². The van der Waals surface area contributed by atoms with Gasteiger partial charge in [0, 0.05) is 30.1 Å². The van der Waals surface area contributed by atoms with Crippen molar-refractivity contribution in [2.75, 3.05) is 19.6 Å². The minimum Gasteiger partial charge on any atom is -0.352 e. The molecular weight excluding hydrogens is 305 g/mol. The van der Waals surface area contributed by atoms with Gasteiger partial charge in [-0.1, -0.05) is 18.2 Å². The van der Waals surface area contributed by atoms with E-state index in [0.29, 0.717) is 29.2 Å². The van der Waals surface area contributed by atoms with Crippen molar-refractivity contribution in [3.8, 4) is 11.1 Å². The molecule has 0 spiro atoms. The van der Waals surface area contributed by atoms with Gasteiger partial charge in [-0.05, 0) is 50.4 Å². The van der Waals surface area contributed by atoms with Gasteiger partial charge >= 0.3 is 0 Å². The van der Waals surface area contributed by atoms with E-state index in [1.807, 2.05) is 0 Å². The molecule has 1 aromatic carbocycles. The zero-order chi connectivity index (χ0) is 16.8. The van der Waals surface area contributed by atoms with E-state index in [2.05, 4.69) is 15.6 Å². The lowest BCUT2D eigenvalue weighted by atomic mass is 9.95. The molecule has 4 nitrogen and oxygen atoms in total. The van der Waals surface area contributed by atoms with E-state index in [1.165, 1.54) is 25.1 Å². The van der Waals surface area contributed by atoms with Gasteiger partial charge in [0.15, 0.2) is 0 Å². The summed E-state index contributed by atoms with van der Waals surface area (Å²) >= 11 is 0. The maximum Gasteiger partial charge on any atom is 0.252 e. The number of halogens is 1. The van der Waals surface area contributed by atoms with Crippen molar-refractivity contribution in [3.05, 3.63) is 54.1 Å². The summed E-state index contributed by atoms with van der Waals surface area (Å²) in [5.74, 6) is 0.201. The third kappa shape index (κ3) is 4.17. The van der Waals surface area contributed by atoms with Crippen LogP contribution in [0.1, 0.15) is 29.6 Å². The highest BCUT2D eigenvalue weighted by atomic mass is 19.1. The predicted molar refractivity (Wildman–Crippen MR) is 92.2 cm³/mol. The van der Waals surface area contributed by atoms with E-state index in [-0.39, 0.29) is 11.7 Å². The summed E-state index contributed by atoms with van der Waals surface area (Å²) in [6.07, 6.45) is 6.42. The molecule has 3 rings (SSSR count). The second-order valence-electron chi connectivity index (χ2n) is 6.18. The molecule has 2 aromatic rings. The Labute approximate surface area is 141 Å². The van der Waals surface area contributed by atoms with Crippen molar-refractivity contribution < 1.29 is 9.18 Å². The number of piperidine rings is 1. The quantitative estimate of drug-likeness (QED) is 0.887. The topological polar surface area (TPSA) is 54.0 Å². The van der Waals surface area contributed by atoms with E-state index < -0.39 is 0 Å². The molecule has 0 atom stereocenters. The molecule has 1 aliphatic rings. The molecule has 1 aromatic heterocycles. The molecule has 2 heterocycles. The lowest BCUT2D eigenvalue weighted by Crippen LogP contribution is -2.31. The summed E-state index contributed by atoms with van der Waals surface area (Å²) in [6, 6.07) is 8.19. The largest absolute Gasteiger partial charge is 0.352 e. The van der Waals surface area contributed by atoms with E-state index in [4.69, 9.17) is 0 Å². The summed E-state index contributed by atoms with van der Waals surface area (Å²) < 4.78 is 13.9. The van der Waals surface area contributed by atoms with E-state index in [1.54, 1.807) is 30.5 Å². The third-order valence-electron chi connectivity index (χ3n) is 4.48. The molecule has 1 saturated heterocycles. The summed E-state index contributed by atoms with van der Waals surface area (Å²) in [7, 11) is 0. The second kappa shape index (κ2) is 8.02. The number of nitrogens with zero attached hydrogens (tertiary/aromatic N) is 1. The van der Waals surface area contributed by atoms with Crippen LogP contribution in [-0.4, -0.2) is 30.5 Å². The Hall–Kier alpha value is -2.27. The number of rotatable bonds is 5. The Morgan fingerprint density at radius 2 is 2.04 bits per heavy atom. The summed E-state index contributed by atoms with van der Waals surface area (Å²) in [6.45, 7) is 2.79. The Morgan fingerprint density at radius 3 is 2.83 bits per heavy atom. The number of pyridine rings is 1. The molecule has 0 saturated carbocycles. The fourth-order valence-corrected chi connectivity index (χ4v) is 3.07. The van der Waals surface area contributed by atoms with E-state index >= 15 is 0 Å². The summed E-state index contributed by atoms with van der Waals surface area (Å²) in [5.41, 5.74) is 1.52. The first-order valence-electron chi connectivity index (χ1n) is 8.43. The van der Waals surface area contributed by atoms with Gasteiger partial charge in [-0.15, -0.1) is 0 Å². The molecule has 1 aliphatic heterocycles. The fourth-order valence-electron chi connectivity index (χ4n) is 3.07. The number of carbonyl (C=O) groups excluding carboxylic acids is 1. The monoisotopic (exact) mass is 327 g/mol. The number of aromatic nitrogens is 1. The number of amides is 1. The molecular formula is C19H22FN3O. The average Bonchev–Trinajstić information content (AvgIpc) is 2.63. The van der Waals surface area contributed by atoms with Crippen LogP contribution in [0, 0.1) is 11.7 Å². The second-order valence-corrected chi connectivity index (χ2v) is 6.18. The fraction of sp³-hybridized carbons (Fsp3) is 0.368. The van der Waals surface area contributed by atoms with Crippen LogP contribution in [0.3, 0.4) is 0 Å². The number of benzene rings is 1. The van der Waals surface area contributed by atoms with Crippen molar-refractivity contribution in [3.63, 3.8) is 0 Å². The van der Waals surface area contributed by atoms with Crippen LogP contribution in [0.25, 0.3) is 11.1 Å². The first kappa shape index (κ1) is 16.6. The maximum atomic E-state index is 13.9. The van der Waals surface area contributed by atoms with Crippen molar-refractivity contribution >= 4 is 5.91 Å². The number of nitrogens with one attached hydrogen (secondary N) is 2. The summed E-state index contributed by atoms with van der Waals surface area (Å²) in [5, 5.41) is 6.29. The predicted octanol–water partition coefficient (Wildman–Crippen LogP) is 3.01. The Kier molecular flexibility index (Phi) is 5.54. The van der Waals surface area contributed by atoms with Crippen molar-refractivity contribution in [1.29, 1.82) is 0 Å². The molecule has 126 valence electrons. The molecule has 24 heavy (non-hydrogen) atoms. The molecule has 0 bridgehead atoms. The zero-order valence-electron chi connectivity index (χ0n) is 13.6. The van der Waals surface area contributed by atoms with Gasteiger partial charge in [-0.2, -0.15) is 0 Å². The highest BCUT2D eigenvalue weighted by molar-refractivity contribution is 5.95. The number of hydrogen-bond donors (Lipinski definition) is 2. The normalized spacial score (nSPS) is 15.2. The van der Waals surface area contributed by atoms with Crippen molar-refractivity contribution in [2.24, 2.45) is 5.92 Å². The minimum absolute atomic E-state index is 0.158. The minimum atomic E-state index is -0.317. The van der Waals surface area contributed by atoms with Gasteiger partial charge in [-0.3, -0.25) is 9.78 Å². The highest BCUT2D eigenvalue weighted by Gasteiger charge is 2.14. The van der Waals surface area contributed by atoms with Crippen LogP contribution in [-0.2, 0) is 0 Å². The van der Waals surface area contributed by atoms with Crippen molar-refractivity contribution in [1.82, 2.24) is 15.6 Å². The molecule has 0 unspecified atom stereocenters. The van der Waals surface area contributed by atoms with Crippen LogP contribution < -0.4 is 10.6 Å². The highest BCUT2D eigenvalue weighted by Crippen LogP contribution is 2.22. The van der Waals surface area contributed by atoms with Crippen LogP contribution in [0.15, 0.2) is 42.7 Å². The van der Waals surface area contributed by atoms with Crippen LogP contribution >= 0.6 is 0 Å². The van der Waals surface area contributed by atoms with Gasteiger partial charge in [0.25, 0.3) is 5.91 Å². The molecule has 5 heteroatoms. The smallest absolute Gasteiger partial charge is 0.252 e. The zero-order valence-corrected chi connectivity index (χ0v) is 13.6. The summed E-state index contributed by atoms with van der Waals surface area (Å²) in [4.78, 5) is 16.4. The SMILES string of the molecule is O=C(NCCC1CCNCC1)c1cncc(-c2ccccc2F)c1. The lowest BCUT2D eigenvalue weighted by molar-refractivity contribution is 0.0950. The van der Waals surface area contributed by atoms with Gasteiger partial charge in [-0.25, -0.2) is 4.39 Å².